The molecule has 4 atom stereocenters. The molecule has 0 aromatic carbocycles. The van der Waals surface area contributed by atoms with Gasteiger partial charge in [0.15, 0.2) is 5.69 Å². The topological polar surface area (TPSA) is 222 Å². The van der Waals surface area contributed by atoms with Gasteiger partial charge in [0.25, 0.3) is 17.4 Å². The van der Waals surface area contributed by atoms with Crippen LogP contribution in [-0.4, -0.2) is 74.1 Å². The normalized spacial score (nSPS) is 20.3. The predicted molar refractivity (Wildman–Crippen MR) is 157 cm³/mol. The Bertz CT molecular complexity index is 1330. The third-order valence-electron chi connectivity index (χ3n) is 6.47. The van der Waals surface area contributed by atoms with Crippen LogP contribution in [-0.2, 0) is 25.7 Å². The van der Waals surface area contributed by atoms with Crippen LogP contribution in [0.5, 0.6) is 0 Å². The minimum Gasteiger partial charge on any atom is -0.481 e. The zero-order chi connectivity index (χ0) is 32.8. The van der Waals surface area contributed by atoms with Crippen molar-refractivity contribution in [3.05, 3.63) is 52.6 Å². The maximum absolute atomic E-state index is 13.3. The molecule has 4 amide bonds. The molecule has 44 heavy (non-hydrogen) atoms. The van der Waals surface area contributed by atoms with E-state index in [0.29, 0.717) is 25.8 Å². The summed E-state index contributed by atoms with van der Waals surface area (Å²) >= 11 is 0. The molecule has 2 aromatic heterocycles. The van der Waals surface area contributed by atoms with Crippen molar-refractivity contribution in [2.45, 2.75) is 90.6 Å². The van der Waals surface area contributed by atoms with Crippen molar-refractivity contribution in [1.29, 1.82) is 0 Å². The van der Waals surface area contributed by atoms with Gasteiger partial charge >= 0.3 is 0 Å². The number of oxazole rings is 1. The highest BCUT2D eigenvalue weighted by molar-refractivity contribution is 5.93. The Labute approximate surface area is 254 Å². The van der Waals surface area contributed by atoms with Gasteiger partial charge in [-0.2, -0.15) is 0 Å². The maximum Gasteiger partial charge on any atom is 0.300 e. The fourth-order valence-electron chi connectivity index (χ4n) is 4.33. The lowest BCUT2D eigenvalue weighted by Gasteiger charge is -2.27. The number of nitrogens with zero attached hydrogens (tertiary/aromatic N) is 2. The van der Waals surface area contributed by atoms with Crippen LogP contribution < -0.4 is 26.8 Å². The number of aliphatic carboxylic acids is 1. The third kappa shape index (κ3) is 12.0. The SMILES string of the molecule is CC(=O)O.CC(C)C[C@@H]1NC(=O)[C@H]([C@@H](C)O)NC(=O)[C@@H](NC(=O)CCn2ccccc2=O)CCCCNC(=O)c2coc1n2. The van der Waals surface area contributed by atoms with Gasteiger partial charge in [0.2, 0.25) is 23.6 Å². The molecular formula is C29H42N6O9. The summed E-state index contributed by atoms with van der Waals surface area (Å²) in [7, 11) is 0. The molecule has 3 rings (SSSR count). The molecule has 0 saturated heterocycles. The highest BCUT2D eigenvalue weighted by Gasteiger charge is 2.32. The largest absolute Gasteiger partial charge is 0.481 e. The van der Waals surface area contributed by atoms with Crippen molar-refractivity contribution in [2.24, 2.45) is 5.92 Å². The predicted octanol–water partition coefficient (Wildman–Crippen LogP) is 0.485. The Hall–Kier alpha value is -4.53. The Kier molecular flexibility index (Phi) is 14.2. The first kappa shape index (κ1) is 35.7. The van der Waals surface area contributed by atoms with Crippen LogP contribution in [0.2, 0.25) is 0 Å². The second-order valence-electron chi connectivity index (χ2n) is 10.9. The molecule has 0 fully saturated rings. The van der Waals surface area contributed by atoms with Crippen LogP contribution in [0, 0.1) is 5.92 Å². The quantitative estimate of drug-likeness (QED) is 0.252. The zero-order valence-electron chi connectivity index (χ0n) is 25.4. The molecule has 1 aliphatic heterocycles. The van der Waals surface area contributed by atoms with E-state index in [1.54, 1.807) is 18.3 Å². The van der Waals surface area contributed by atoms with Crippen molar-refractivity contribution < 1.29 is 38.6 Å². The van der Waals surface area contributed by atoms with Gasteiger partial charge in [0, 0.05) is 38.7 Å². The number of rotatable bonds is 7. The molecule has 242 valence electrons. The first-order chi connectivity index (χ1) is 20.8. The van der Waals surface area contributed by atoms with E-state index in [9.17, 15) is 29.1 Å². The van der Waals surface area contributed by atoms with Crippen LogP contribution in [0.25, 0.3) is 0 Å². The number of fused-ring (bicyclic) bond motifs is 2. The lowest BCUT2D eigenvalue weighted by Crippen LogP contribution is -2.57. The number of aryl methyl sites for hydroxylation is 1. The lowest BCUT2D eigenvalue weighted by atomic mass is 10.0. The van der Waals surface area contributed by atoms with E-state index in [-0.39, 0.29) is 42.4 Å². The highest BCUT2D eigenvalue weighted by Crippen LogP contribution is 2.21. The minimum absolute atomic E-state index is 0.0435. The average Bonchev–Trinajstić information content (AvgIpc) is 3.43. The van der Waals surface area contributed by atoms with Gasteiger partial charge in [-0.15, -0.1) is 0 Å². The smallest absolute Gasteiger partial charge is 0.300 e. The Morgan fingerprint density at radius 3 is 2.45 bits per heavy atom. The van der Waals surface area contributed by atoms with Crippen molar-refractivity contribution in [1.82, 2.24) is 30.8 Å². The molecule has 2 aromatic rings. The number of carboxylic acid groups (broad SMARTS) is 1. The van der Waals surface area contributed by atoms with Crippen molar-refractivity contribution in [3.8, 4) is 0 Å². The van der Waals surface area contributed by atoms with E-state index >= 15 is 0 Å². The van der Waals surface area contributed by atoms with Crippen LogP contribution in [0.4, 0.5) is 0 Å². The highest BCUT2D eigenvalue weighted by atomic mass is 16.4. The second-order valence-corrected chi connectivity index (χ2v) is 10.9. The molecule has 0 spiro atoms. The molecule has 1 aliphatic rings. The number of hydrogen-bond acceptors (Lipinski definition) is 9. The van der Waals surface area contributed by atoms with E-state index in [4.69, 9.17) is 14.3 Å². The number of nitrogens with one attached hydrogen (secondary N) is 4. The summed E-state index contributed by atoms with van der Waals surface area (Å²) in [5, 5.41) is 28.6. The van der Waals surface area contributed by atoms with Gasteiger partial charge in [-0.05, 0) is 44.6 Å². The third-order valence-corrected chi connectivity index (χ3v) is 6.47. The Morgan fingerprint density at radius 1 is 1.11 bits per heavy atom. The molecule has 0 saturated carbocycles. The van der Waals surface area contributed by atoms with Crippen molar-refractivity contribution in [2.75, 3.05) is 6.54 Å². The Morgan fingerprint density at radius 2 is 1.82 bits per heavy atom. The number of amides is 4. The fourth-order valence-corrected chi connectivity index (χ4v) is 4.33. The number of carbonyl (C=O) groups excluding carboxylic acids is 4. The summed E-state index contributed by atoms with van der Waals surface area (Å²) < 4.78 is 6.90. The molecule has 0 aliphatic carbocycles. The van der Waals surface area contributed by atoms with Gasteiger partial charge in [-0.25, -0.2) is 4.98 Å². The van der Waals surface area contributed by atoms with Crippen molar-refractivity contribution >= 4 is 29.6 Å². The van der Waals surface area contributed by atoms with Crippen molar-refractivity contribution in [3.63, 3.8) is 0 Å². The van der Waals surface area contributed by atoms with Gasteiger partial charge < -0.3 is 40.5 Å². The molecule has 15 nitrogen and oxygen atoms in total. The number of carbonyl (C=O) groups is 5. The van der Waals surface area contributed by atoms with Gasteiger partial charge in [-0.3, -0.25) is 28.8 Å². The van der Waals surface area contributed by atoms with E-state index < -0.39 is 53.8 Å². The molecule has 6 N–H and O–H groups in total. The zero-order valence-corrected chi connectivity index (χ0v) is 25.4. The molecule has 2 bridgehead atoms. The summed E-state index contributed by atoms with van der Waals surface area (Å²) in [6.07, 6.45) is 3.11. The van der Waals surface area contributed by atoms with E-state index in [1.807, 2.05) is 13.8 Å². The summed E-state index contributed by atoms with van der Waals surface area (Å²) in [4.78, 5) is 76.9. The summed E-state index contributed by atoms with van der Waals surface area (Å²) in [6, 6.07) is 1.63. The molecule has 0 unspecified atom stereocenters. The summed E-state index contributed by atoms with van der Waals surface area (Å²) in [6.45, 7) is 6.78. The number of aromatic nitrogens is 2. The van der Waals surface area contributed by atoms with Gasteiger partial charge in [-0.1, -0.05) is 19.9 Å². The monoisotopic (exact) mass is 618 g/mol. The van der Waals surface area contributed by atoms with Gasteiger partial charge in [0.1, 0.15) is 24.4 Å². The second kappa shape index (κ2) is 17.6. The molecule has 15 heteroatoms. The fraction of sp³-hybridized carbons (Fsp3) is 0.552. The van der Waals surface area contributed by atoms with Crippen LogP contribution in [0.15, 0.2) is 39.9 Å². The van der Waals surface area contributed by atoms with Crippen LogP contribution in [0.1, 0.15) is 82.2 Å². The molecular weight excluding hydrogens is 576 g/mol. The summed E-state index contributed by atoms with van der Waals surface area (Å²) in [5.74, 6) is -2.77. The maximum atomic E-state index is 13.3. The summed E-state index contributed by atoms with van der Waals surface area (Å²) in [5.41, 5.74) is -0.171. The lowest BCUT2D eigenvalue weighted by molar-refractivity contribution is -0.134. The Balaban J connectivity index is 0.00000159. The minimum atomic E-state index is -1.32. The number of pyridine rings is 1. The van der Waals surface area contributed by atoms with E-state index in [2.05, 4.69) is 26.3 Å². The first-order valence-electron chi connectivity index (χ1n) is 14.4. The van der Waals surface area contributed by atoms with Crippen LogP contribution in [0.3, 0.4) is 0 Å². The average molecular weight is 619 g/mol. The van der Waals surface area contributed by atoms with E-state index in [0.717, 1.165) is 6.92 Å². The molecule has 0 radical (unpaired) electrons. The first-order valence-corrected chi connectivity index (χ1v) is 14.4. The number of aliphatic hydroxyl groups is 1. The van der Waals surface area contributed by atoms with E-state index in [1.165, 1.54) is 23.8 Å². The number of carboxylic acids is 1. The van der Waals surface area contributed by atoms with Gasteiger partial charge in [0.05, 0.1) is 6.10 Å². The number of hydrogen-bond donors (Lipinski definition) is 6. The number of aliphatic hydroxyl groups excluding tert-OH is 1. The van der Waals surface area contributed by atoms with Crippen LogP contribution >= 0.6 is 0 Å². The standard InChI is InChI=1S/C27H38N6O7.C2H4O2/c1-16(2)14-19-27-31-20(15-40-27)24(37)28-11-6-4-8-18(25(38)32-23(17(3)34)26(39)30-19)29-21(35)10-13-33-12-7-5-9-22(33)36;1-2(3)4/h5,7,9,12,15-19,23,34H,4,6,8,10-11,13-14H2,1-3H3,(H,28,37)(H,29,35)(H,30,39)(H,32,38);1H3,(H,3,4)/t17-,18+,19+,23+;/m1./s1. The molecule has 3 heterocycles.